The van der Waals surface area contributed by atoms with Crippen molar-refractivity contribution in [2.75, 3.05) is 6.61 Å². The van der Waals surface area contributed by atoms with Gasteiger partial charge in [-0.2, -0.15) is 0 Å². The van der Waals surface area contributed by atoms with Crippen molar-refractivity contribution >= 4 is 0 Å². The van der Waals surface area contributed by atoms with Gasteiger partial charge in [0, 0.05) is 0 Å². The molecule has 0 saturated heterocycles. The smallest absolute Gasteiger partial charge is 0.148 e. The van der Waals surface area contributed by atoms with Gasteiger partial charge in [-0.3, -0.25) is 0 Å². The van der Waals surface area contributed by atoms with Gasteiger partial charge in [-0.25, -0.2) is 0 Å². The predicted octanol–water partition coefficient (Wildman–Crippen LogP) is 2.74. The summed E-state index contributed by atoms with van der Waals surface area (Å²) in [4.78, 5) is 0. The molecule has 0 spiro atoms. The lowest BCUT2D eigenvalue weighted by atomic mass is 10.1. The van der Waals surface area contributed by atoms with Gasteiger partial charge in [0.05, 0.1) is 0 Å². The lowest BCUT2D eigenvalue weighted by Crippen LogP contribution is -1.96. The molecule has 0 saturated carbocycles. The van der Waals surface area contributed by atoms with Crippen LogP contribution in [0.25, 0.3) is 0 Å². The largest absolute Gasteiger partial charge is 0.481 e. The summed E-state index contributed by atoms with van der Waals surface area (Å²) in [5.74, 6) is 3.30. The third-order valence-electron chi connectivity index (χ3n) is 1.93. The fourth-order valence-electron chi connectivity index (χ4n) is 1.29. The zero-order valence-corrected chi connectivity index (χ0v) is 8.42. The highest BCUT2D eigenvalue weighted by atomic mass is 16.5. The molecule has 1 aromatic carbocycles. The summed E-state index contributed by atoms with van der Waals surface area (Å²) in [5.41, 5.74) is 2.35. The molecule has 0 amide bonds. The molecule has 14 heavy (non-hydrogen) atoms. The zero-order chi connectivity index (χ0) is 10.4. The van der Waals surface area contributed by atoms with Crippen LogP contribution in [0.4, 0.5) is 0 Å². The molecule has 0 N–H and O–H groups in total. The average Bonchev–Trinajstić information content (AvgIpc) is 2.17. The van der Waals surface area contributed by atoms with Crippen molar-refractivity contribution in [3.63, 3.8) is 0 Å². The summed E-state index contributed by atoms with van der Waals surface area (Å²) in [6.07, 6.45) is 7.89. The van der Waals surface area contributed by atoms with Crippen molar-refractivity contribution in [1.29, 1.82) is 0 Å². The van der Waals surface area contributed by atoms with Crippen LogP contribution in [0.2, 0.25) is 0 Å². The van der Waals surface area contributed by atoms with E-state index < -0.39 is 0 Å². The molecule has 1 nitrogen and oxygen atoms in total. The topological polar surface area (TPSA) is 9.23 Å². The first-order chi connectivity index (χ1) is 6.77. The van der Waals surface area contributed by atoms with Crippen molar-refractivity contribution in [3.05, 3.63) is 42.0 Å². The summed E-state index contributed by atoms with van der Waals surface area (Å²) in [6, 6.07) is 6.07. The maximum absolute atomic E-state index is 5.36. The maximum atomic E-state index is 5.36. The number of ether oxygens (including phenoxy) is 1. The normalized spacial score (nSPS) is 9.14. The van der Waals surface area contributed by atoms with Crippen LogP contribution in [0.5, 0.6) is 5.75 Å². The maximum Gasteiger partial charge on any atom is 0.148 e. The van der Waals surface area contributed by atoms with E-state index in [1.807, 2.05) is 25.1 Å². The average molecular weight is 186 g/mol. The second kappa shape index (κ2) is 5.14. The van der Waals surface area contributed by atoms with E-state index in [4.69, 9.17) is 11.2 Å². The Hall–Kier alpha value is -1.68. The first-order valence-electron chi connectivity index (χ1n) is 4.54. The van der Waals surface area contributed by atoms with Crippen LogP contribution in [0, 0.1) is 19.3 Å². The van der Waals surface area contributed by atoms with Gasteiger partial charge in [0.25, 0.3) is 0 Å². The summed E-state index contributed by atoms with van der Waals surface area (Å²) in [6.45, 7) is 6.03. The minimum absolute atomic E-state index is 0.321. The number of hydrogen-bond acceptors (Lipinski definition) is 1. The predicted molar refractivity (Wildman–Crippen MR) is 59.4 cm³/mol. The number of rotatable bonds is 4. The van der Waals surface area contributed by atoms with Gasteiger partial charge in [-0.15, -0.1) is 13.0 Å². The van der Waals surface area contributed by atoms with E-state index in [9.17, 15) is 0 Å². The van der Waals surface area contributed by atoms with Gasteiger partial charge in [0.15, 0.2) is 0 Å². The second-order valence-corrected chi connectivity index (χ2v) is 3.09. The minimum Gasteiger partial charge on any atom is -0.481 e. The standard InChI is InChI=1S/C13H14O/c1-4-6-12-7-8-13(11(3)10-12)14-9-5-2/h2,4,7-8,10H,1,6,9H2,3H3. The third kappa shape index (κ3) is 2.67. The summed E-state index contributed by atoms with van der Waals surface area (Å²) in [5, 5.41) is 0. The molecule has 1 heteroatoms. The van der Waals surface area contributed by atoms with Crippen LogP contribution in [-0.2, 0) is 6.42 Å². The Morgan fingerprint density at radius 1 is 1.57 bits per heavy atom. The molecule has 0 aliphatic heterocycles. The molecule has 1 aromatic rings. The molecular weight excluding hydrogens is 172 g/mol. The number of benzene rings is 1. The molecule has 1 rings (SSSR count). The Bertz CT molecular complexity index is 358. The Kier molecular flexibility index (Phi) is 3.82. The van der Waals surface area contributed by atoms with E-state index in [0.29, 0.717) is 6.61 Å². The van der Waals surface area contributed by atoms with Gasteiger partial charge in [0.2, 0.25) is 0 Å². The van der Waals surface area contributed by atoms with E-state index in [2.05, 4.69) is 18.6 Å². The van der Waals surface area contributed by atoms with Crippen molar-refractivity contribution in [2.45, 2.75) is 13.3 Å². The first kappa shape index (κ1) is 10.4. The molecule has 0 radical (unpaired) electrons. The lowest BCUT2D eigenvalue weighted by Gasteiger charge is -2.07. The Morgan fingerprint density at radius 2 is 2.36 bits per heavy atom. The Balaban J connectivity index is 2.79. The van der Waals surface area contributed by atoms with Gasteiger partial charge in [-0.05, 0) is 30.5 Å². The summed E-state index contributed by atoms with van der Waals surface area (Å²) in [7, 11) is 0. The number of aryl methyl sites for hydroxylation is 1. The highest BCUT2D eigenvalue weighted by molar-refractivity contribution is 5.37. The fraction of sp³-hybridized carbons (Fsp3) is 0.231. The van der Waals surface area contributed by atoms with E-state index in [-0.39, 0.29) is 0 Å². The van der Waals surface area contributed by atoms with E-state index in [0.717, 1.165) is 17.7 Å². The highest BCUT2D eigenvalue weighted by Crippen LogP contribution is 2.19. The molecule has 0 aliphatic carbocycles. The van der Waals surface area contributed by atoms with Crippen LogP contribution in [0.1, 0.15) is 11.1 Å². The summed E-state index contributed by atoms with van der Waals surface area (Å²) >= 11 is 0. The molecule has 72 valence electrons. The molecule has 0 aromatic heterocycles. The molecule has 0 aliphatic rings. The van der Waals surface area contributed by atoms with E-state index in [1.54, 1.807) is 0 Å². The van der Waals surface area contributed by atoms with Gasteiger partial charge in [0.1, 0.15) is 12.4 Å². The van der Waals surface area contributed by atoms with Gasteiger partial charge in [-0.1, -0.05) is 24.1 Å². The second-order valence-electron chi connectivity index (χ2n) is 3.09. The van der Waals surface area contributed by atoms with Crippen LogP contribution in [0.15, 0.2) is 30.9 Å². The minimum atomic E-state index is 0.321. The van der Waals surface area contributed by atoms with E-state index in [1.165, 1.54) is 5.56 Å². The molecule has 0 heterocycles. The highest BCUT2D eigenvalue weighted by Gasteiger charge is 1.99. The van der Waals surface area contributed by atoms with Crippen molar-refractivity contribution in [3.8, 4) is 18.1 Å². The molecular formula is C13H14O. The van der Waals surface area contributed by atoms with Crippen LogP contribution in [-0.4, -0.2) is 6.61 Å². The van der Waals surface area contributed by atoms with Crippen LogP contribution >= 0.6 is 0 Å². The van der Waals surface area contributed by atoms with Crippen molar-refractivity contribution in [1.82, 2.24) is 0 Å². The molecule has 0 bridgehead atoms. The number of allylic oxidation sites excluding steroid dienone is 1. The SMILES string of the molecule is C#CCOc1ccc(CC=C)cc1C. The molecule has 0 fully saturated rings. The molecule has 0 atom stereocenters. The number of hydrogen-bond donors (Lipinski definition) is 0. The quantitative estimate of drug-likeness (QED) is 0.519. The fourth-order valence-corrected chi connectivity index (χ4v) is 1.29. The van der Waals surface area contributed by atoms with Crippen molar-refractivity contribution < 1.29 is 4.74 Å². The van der Waals surface area contributed by atoms with Crippen molar-refractivity contribution in [2.24, 2.45) is 0 Å². The third-order valence-corrected chi connectivity index (χ3v) is 1.93. The first-order valence-corrected chi connectivity index (χ1v) is 4.54. The molecule has 0 unspecified atom stereocenters. The number of terminal acetylenes is 1. The summed E-state index contributed by atoms with van der Waals surface area (Å²) < 4.78 is 5.36. The Morgan fingerprint density at radius 3 is 2.93 bits per heavy atom. The van der Waals surface area contributed by atoms with E-state index >= 15 is 0 Å². The zero-order valence-electron chi connectivity index (χ0n) is 8.42. The van der Waals surface area contributed by atoms with Gasteiger partial charge >= 0.3 is 0 Å². The monoisotopic (exact) mass is 186 g/mol. The lowest BCUT2D eigenvalue weighted by molar-refractivity contribution is 0.367. The van der Waals surface area contributed by atoms with Crippen LogP contribution in [0.3, 0.4) is 0 Å². The van der Waals surface area contributed by atoms with Crippen LogP contribution < -0.4 is 4.74 Å². The Labute approximate surface area is 85.4 Å². The van der Waals surface area contributed by atoms with Gasteiger partial charge < -0.3 is 4.74 Å².